The zero-order valence-corrected chi connectivity index (χ0v) is 14.2. The van der Waals surface area contributed by atoms with Crippen LogP contribution in [0.3, 0.4) is 0 Å². The first kappa shape index (κ1) is 16.3. The zero-order valence-electron chi connectivity index (χ0n) is 13.4. The molecule has 3 rings (SSSR count). The molecule has 0 atom stereocenters. The van der Waals surface area contributed by atoms with Crippen LogP contribution < -0.4 is 10.9 Å². The van der Waals surface area contributed by atoms with Crippen molar-refractivity contribution < 1.29 is 4.79 Å². The number of aromatic amines is 1. The Hall–Kier alpha value is -2.61. The molecular formula is C16H17N5O2S. The third kappa shape index (κ3) is 3.65. The molecule has 0 fully saturated rings. The van der Waals surface area contributed by atoms with E-state index >= 15 is 0 Å². The topological polar surface area (TPSA) is 101 Å². The van der Waals surface area contributed by atoms with Crippen molar-refractivity contribution in [3.8, 4) is 0 Å². The van der Waals surface area contributed by atoms with Gasteiger partial charge in [0.05, 0.1) is 11.0 Å². The van der Waals surface area contributed by atoms with E-state index in [1.54, 1.807) is 6.07 Å². The lowest BCUT2D eigenvalue weighted by Crippen LogP contribution is -2.18. The van der Waals surface area contributed by atoms with Crippen LogP contribution in [0.4, 0.5) is 5.13 Å². The number of nitrogens with zero attached hydrogens (tertiary/aromatic N) is 3. The molecule has 2 N–H and O–H groups in total. The molecule has 1 amide bonds. The molecular weight excluding hydrogens is 326 g/mol. The predicted molar refractivity (Wildman–Crippen MR) is 93.3 cm³/mol. The monoisotopic (exact) mass is 343 g/mol. The molecule has 7 nitrogen and oxygen atoms in total. The van der Waals surface area contributed by atoms with Crippen molar-refractivity contribution in [2.45, 2.75) is 32.6 Å². The molecule has 3 aromatic rings. The first-order valence-corrected chi connectivity index (χ1v) is 8.46. The van der Waals surface area contributed by atoms with Crippen LogP contribution in [0.25, 0.3) is 11.0 Å². The van der Waals surface area contributed by atoms with E-state index in [2.05, 4.69) is 25.5 Å². The van der Waals surface area contributed by atoms with Crippen molar-refractivity contribution in [1.29, 1.82) is 0 Å². The van der Waals surface area contributed by atoms with Crippen LogP contribution in [0.2, 0.25) is 0 Å². The second-order valence-corrected chi connectivity index (χ2v) is 6.69. The van der Waals surface area contributed by atoms with E-state index in [0.29, 0.717) is 21.9 Å². The standard InChI is InChI=1S/C16H17N5O2S/c1-9(2)15-20-21-16(24-15)19-13(22)8-7-12-14(23)18-11-6-4-3-5-10(11)17-12/h3-6,9H,7-8H2,1-2H3,(H,18,23)(H,19,21,22). The fourth-order valence-corrected chi connectivity index (χ4v) is 2.93. The minimum absolute atomic E-state index is 0.158. The Bertz CT molecular complexity index is 931. The lowest BCUT2D eigenvalue weighted by atomic mass is 10.2. The largest absolute Gasteiger partial charge is 0.319 e. The minimum Gasteiger partial charge on any atom is -0.319 e. The number of nitrogens with one attached hydrogen (secondary N) is 2. The molecule has 0 spiro atoms. The smallest absolute Gasteiger partial charge is 0.270 e. The van der Waals surface area contributed by atoms with Gasteiger partial charge in [0.2, 0.25) is 11.0 Å². The quantitative estimate of drug-likeness (QED) is 0.741. The Morgan fingerprint density at radius 2 is 2.08 bits per heavy atom. The van der Waals surface area contributed by atoms with E-state index in [0.717, 1.165) is 5.01 Å². The van der Waals surface area contributed by atoms with Crippen molar-refractivity contribution >= 4 is 33.4 Å². The molecule has 0 bridgehead atoms. The number of hydrogen-bond donors (Lipinski definition) is 2. The summed E-state index contributed by atoms with van der Waals surface area (Å²) in [6.07, 6.45) is 0.423. The van der Waals surface area contributed by atoms with Gasteiger partial charge < -0.3 is 10.3 Å². The van der Waals surface area contributed by atoms with Gasteiger partial charge in [-0.15, -0.1) is 10.2 Å². The number of amides is 1. The lowest BCUT2D eigenvalue weighted by Gasteiger charge is -2.03. The molecule has 0 unspecified atom stereocenters. The molecule has 0 aliphatic carbocycles. The Morgan fingerprint density at radius 3 is 2.83 bits per heavy atom. The molecule has 0 aliphatic rings. The van der Waals surface area contributed by atoms with Crippen LogP contribution in [-0.2, 0) is 11.2 Å². The highest BCUT2D eigenvalue weighted by Crippen LogP contribution is 2.22. The Kier molecular flexibility index (Phi) is 4.66. The first-order chi connectivity index (χ1) is 11.5. The number of fused-ring (bicyclic) bond motifs is 1. The van der Waals surface area contributed by atoms with Gasteiger partial charge in [-0.05, 0) is 12.1 Å². The van der Waals surface area contributed by atoms with Crippen LogP contribution in [0.5, 0.6) is 0 Å². The van der Waals surface area contributed by atoms with Crippen molar-refractivity contribution in [3.05, 3.63) is 45.3 Å². The highest BCUT2D eigenvalue weighted by atomic mass is 32.1. The van der Waals surface area contributed by atoms with Crippen molar-refractivity contribution in [1.82, 2.24) is 20.2 Å². The number of carbonyl (C=O) groups excluding carboxylic acids is 1. The van der Waals surface area contributed by atoms with Gasteiger partial charge in [0.25, 0.3) is 5.56 Å². The van der Waals surface area contributed by atoms with Crippen molar-refractivity contribution in [3.63, 3.8) is 0 Å². The maximum atomic E-state index is 12.0. The second kappa shape index (κ2) is 6.88. The van der Waals surface area contributed by atoms with E-state index in [-0.39, 0.29) is 30.2 Å². The highest BCUT2D eigenvalue weighted by Gasteiger charge is 2.12. The summed E-state index contributed by atoms with van der Waals surface area (Å²) in [4.78, 5) is 31.1. The summed E-state index contributed by atoms with van der Waals surface area (Å²) >= 11 is 1.36. The summed E-state index contributed by atoms with van der Waals surface area (Å²) in [5, 5.41) is 12.0. The summed E-state index contributed by atoms with van der Waals surface area (Å²) in [6, 6.07) is 7.30. The van der Waals surface area contributed by atoms with Crippen molar-refractivity contribution in [2.75, 3.05) is 5.32 Å². The molecule has 8 heteroatoms. The van der Waals surface area contributed by atoms with Gasteiger partial charge in [0, 0.05) is 18.8 Å². The van der Waals surface area contributed by atoms with E-state index in [1.165, 1.54) is 11.3 Å². The maximum absolute atomic E-state index is 12.0. The summed E-state index contributed by atoms with van der Waals surface area (Å²) in [5.41, 5.74) is 1.48. The number of anilines is 1. The van der Waals surface area contributed by atoms with Gasteiger partial charge in [-0.1, -0.05) is 37.3 Å². The SMILES string of the molecule is CC(C)c1nnc(NC(=O)CCc2nc3ccccc3[nH]c2=O)s1. The van der Waals surface area contributed by atoms with Crippen LogP contribution in [0.1, 0.15) is 36.9 Å². The van der Waals surface area contributed by atoms with Crippen molar-refractivity contribution in [2.24, 2.45) is 0 Å². The molecule has 0 saturated carbocycles. The molecule has 2 aromatic heterocycles. The Labute approximate surface area is 142 Å². The average Bonchev–Trinajstić information content (AvgIpc) is 3.01. The van der Waals surface area contributed by atoms with E-state index in [1.807, 2.05) is 32.0 Å². The molecule has 0 saturated heterocycles. The van der Waals surface area contributed by atoms with E-state index < -0.39 is 0 Å². The van der Waals surface area contributed by atoms with Gasteiger partial charge >= 0.3 is 0 Å². The normalized spacial score (nSPS) is 11.1. The third-order valence-corrected chi connectivity index (χ3v) is 4.58. The molecule has 0 aliphatic heterocycles. The number of H-pyrrole nitrogens is 1. The molecule has 0 radical (unpaired) electrons. The van der Waals surface area contributed by atoms with Gasteiger partial charge in [0.1, 0.15) is 10.7 Å². The molecule has 24 heavy (non-hydrogen) atoms. The summed E-state index contributed by atoms with van der Waals surface area (Å²) < 4.78 is 0. The Balaban J connectivity index is 1.65. The second-order valence-electron chi connectivity index (χ2n) is 5.68. The number of carbonyl (C=O) groups is 1. The zero-order chi connectivity index (χ0) is 17.1. The molecule has 1 aromatic carbocycles. The average molecular weight is 343 g/mol. The number of aryl methyl sites for hydroxylation is 1. The van der Waals surface area contributed by atoms with Crippen LogP contribution in [-0.4, -0.2) is 26.1 Å². The Morgan fingerprint density at radius 1 is 1.29 bits per heavy atom. The van der Waals surface area contributed by atoms with Crippen LogP contribution in [0, 0.1) is 0 Å². The maximum Gasteiger partial charge on any atom is 0.270 e. The fourth-order valence-electron chi connectivity index (χ4n) is 2.17. The fraction of sp³-hybridized carbons (Fsp3) is 0.312. The lowest BCUT2D eigenvalue weighted by molar-refractivity contribution is -0.116. The third-order valence-electron chi connectivity index (χ3n) is 3.44. The van der Waals surface area contributed by atoms with E-state index in [4.69, 9.17) is 0 Å². The first-order valence-electron chi connectivity index (χ1n) is 7.64. The molecule has 2 heterocycles. The van der Waals surface area contributed by atoms with Gasteiger partial charge in [-0.25, -0.2) is 4.98 Å². The predicted octanol–water partition coefficient (Wildman–Crippen LogP) is 2.47. The van der Waals surface area contributed by atoms with E-state index in [9.17, 15) is 9.59 Å². The number of rotatable bonds is 5. The van der Waals surface area contributed by atoms with Crippen LogP contribution >= 0.6 is 11.3 Å². The number of benzene rings is 1. The molecule has 124 valence electrons. The minimum atomic E-state index is -0.264. The number of aromatic nitrogens is 4. The van der Waals surface area contributed by atoms with Crippen LogP contribution in [0.15, 0.2) is 29.1 Å². The summed E-state index contributed by atoms with van der Waals surface area (Å²) in [6.45, 7) is 4.04. The number of hydrogen-bond acceptors (Lipinski definition) is 6. The van der Waals surface area contributed by atoms with Gasteiger partial charge in [-0.3, -0.25) is 9.59 Å². The summed E-state index contributed by atoms with van der Waals surface area (Å²) in [5.74, 6) is 0.0596. The van der Waals surface area contributed by atoms with Gasteiger partial charge in [-0.2, -0.15) is 0 Å². The number of para-hydroxylation sites is 2. The van der Waals surface area contributed by atoms with Gasteiger partial charge in [0.15, 0.2) is 0 Å². The highest BCUT2D eigenvalue weighted by molar-refractivity contribution is 7.15. The summed E-state index contributed by atoms with van der Waals surface area (Å²) in [7, 11) is 0.